The first kappa shape index (κ1) is 23.4. The molecule has 0 bridgehead atoms. The summed E-state index contributed by atoms with van der Waals surface area (Å²) in [6, 6.07) is 43.2. The summed E-state index contributed by atoms with van der Waals surface area (Å²) in [5, 5.41) is 16.3. The van der Waals surface area contributed by atoms with Crippen molar-refractivity contribution in [3.05, 3.63) is 138 Å². The first-order valence-electron chi connectivity index (χ1n) is 14.0. The Balaban J connectivity index is 1.45. The minimum Gasteiger partial charge on any atom is -0.455 e. The molecule has 198 valence electrons. The Morgan fingerprint density at radius 2 is 1.16 bits per heavy atom. The maximum Gasteiger partial charge on any atom is 0.189 e. The minimum absolute atomic E-state index is 0.488. The third-order valence-electron chi connectivity index (χ3n) is 8.56. The van der Waals surface area contributed by atoms with Crippen molar-refractivity contribution >= 4 is 71.2 Å². The highest BCUT2D eigenvalue weighted by Crippen LogP contribution is 2.45. The number of furan rings is 1. The topological polar surface area (TPSA) is 51.1 Å². The van der Waals surface area contributed by atoms with Crippen LogP contribution in [0.4, 0.5) is 5.69 Å². The largest absolute Gasteiger partial charge is 0.455 e. The van der Waals surface area contributed by atoms with Crippen LogP contribution < -0.4 is 0 Å². The van der Waals surface area contributed by atoms with Gasteiger partial charge in [0.05, 0.1) is 50.7 Å². The van der Waals surface area contributed by atoms with Gasteiger partial charge in [0, 0.05) is 27.2 Å². The van der Waals surface area contributed by atoms with E-state index in [9.17, 15) is 5.26 Å². The molecule has 0 aliphatic heterocycles. The number of hydrogen-bond acceptors (Lipinski definition) is 2. The molecule has 9 rings (SSSR count). The normalized spacial score (nSPS) is 11.7. The molecule has 0 saturated carbocycles. The highest BCUT2D eigenvalue weighted by molar-refractivity contribution is 6.29. The Labute approximate surface area is 245 Å². The number of rotatable bonds is 2. The van der Waals surface area contributed by atoms with Crippen molar-refractivity contribution in [2.45, 2.75) is 0 Å². The molecular formula is C38H20N4O. The Hall–Kier alpha value is -6.30. The van der Waals surface area contributed by atoms with Crippen molar-refractivity contribution < 1.29 is 4.42 Å². The van der Waals surface area contributed by atoms with Crippen molar-refractivity contribution in [2.75, 3.05) is 0 Å². The Morgan fingerprint density at radius 1 is 0.581 bits per heavy atom. The van der Waals surface area contributed by atoms with Gasteiger partial charge in [-0.3, -0.25) is 0 Å². The fourth-order valence-electron chi connectivity index (χ4n) is 6.78. The summed E-state index contributed by atoms with van der Waals surface area (Å²) in [4.78, 5) is 3.64. The predicted molar refractivity (Wildman–Crippen MR) is 173 cm³/mol. The molecule has 5 heteroatoms. The van der Waals surface area contributed by atoms with Gasteiger partial charge < -0.3 is 13.6 Å². The lowest BCUT2D eigenvalue weighted by Gasteiger charge is -2.10. The highest BCUT2D eigenvalue weighted by Gasteiger charge is 2.23. The van der Waals surface area contributed by atoms with Crippen LogP contribution in [-0.4, -0.2) is 9.13 Å². The summed E-state index contributed by atoms with van der Waals surface area (Å²) >= 11 is 0. The van der Waals surface area contributed by atoms with Crippen LogP contribution in [0.15, 0.2) is 126 Å². The van der Waals surface area contributed by atoms with Crippen LogP contribution in [0.3, 0.4) is 0 Å². The lowest BCUT2D eigenvalue weighted by atomic mass is 10.1. The quantitative estimate of drug-likeness (QED) is 0.202. The van der Waals surface area contributed by atoms with Gasteiger partial charge in [0.25, 0.3) is 0 Å². The molecule has 6 aromatic carbocycles. The van der Waals surface area contributed by atoms with Crippen LogP contribution in [-0.2, 0) is 0 Å². The van der Waals surface area contributed by atoms with E-state index in [0.717, 1.165) is 71.2 Å². The first-order chi connectivity index (χ1) is 21.3. The Kier molecular flexibility index (Phi) is 4.68. The standard InChI is InChI=1S/C38H20N4O/c1-40-24-16-15-23(22-39)34(21-24)42-31-14-8-6-12-29(31)36-33(42)20-18-27-26-17-19-32-35(37(26)43-38(27)36)28-11-5-7-13-30(28)41(32)25-9-3-2-4-10-25/h2-21H. The highest BCUT2D eigenvalue weighted by atomic mass is 16.3. The number of nitrogens with zero attached hydrogens (tertiary/aromatic N) is 4. The fourth-order valence-corrected chi connectivity index (χ4v) is 6.78. The molecule has 3 aromatic heterocycles. The minimum atomic E-state index is 0.488. The van der Waals surface area contributed by atoms with Crippen molar-refractivity contribution in [2.24, 2.45) is 0 Å². The number of benzene rings is 6. The predicted octanol–water partition coefficient (Wildman–Crippen LogP) is 10.2. The molecule has 0 spiro atoms. The second kappa shape index (κ2) is 8.60. The Morgan fingerprint density at radius 3 is 1.79 bits per heavy atom. The molecule has 0 amide bonds. The summed E-state index contributed by atoms with van der Waals surface area (Å²) < 4.78 is 11.3. The summed E-state index contributed by atoms with van der Waals surface area (Å²) in [5.41, 5.74) is 8.55. The molecule has 3 heterocycles. The number of para-hydroxylation sites is 3. The molecule has 9 aromatic rings. The number of aromatic nitrogens is 2. The van der Waals surface area contributed by atoms with Gasteiger partial charge in [-0.2, -0.15) is 5.26 Å². The number of nitriles is 1. The van der Waals surface area contributed by atoms with Gasteiger partial charge in [0.15, 0.2) is 5.69 Å². The van der Waals surface area contributed by atoms with Crippen molar-refractivity contribution in [3.63, 3.8) is 0 Å². The summed E-state index contributed by atoms with van der Waals surface area (Å²) in [7, 11) is 0. The van der Waals surface area contributed by atoms with E-state index in [2.05, 4.69) is 105 Å². The smallest absolute Gasteiger partial charge is 0.189 e. The van der Waals surface area contributed by atoms with E-state index in [4.69, 9.17) is 11.0 Å². The zero-order valence-corrected chi connectivity index (χ0v) is 22.7. The van der Waals surface area contributed by atoms with Crippen LogP contribution in [0.5, 0.6) is 0 Å². The van der Waals surface area contributed by atoms with Crippen molar-refractivity contribution in [1.82, 2.24) is 9.13 Å². The Bertz CT molecular complexity index is 2690. The molecule has 0 saturated heterocycles. The molecule has 43 heavy (non-hydrogen) atoms. The second-order valence-electron chi connectivity index (χ2n) is 10.7. The average molecular weight is 549 g/mol. The summed E-state index contributed by atoms with van der Waals surface area (Å²) in [6.07, 6.45) is 0. The summed E-state index contributed by atoms with van der Waals surface area (Å²) in [6.45, 7) is 7.59. The van der Waals surface area contributed by atoms with Gasteiger partial charge >= 0.3 is 0 Å². The molecule has 0 aliphatic carbocycles. The van der Waals surface area contributed by atoms with E-state index in [0.29, 0.717) is 16.9 Å². The zero-order valence-electron chi connectivity index (χ0n) is 22.7. The van der Waals surface area contributed by atoms with E-state index < -0.39 is 0 Å². The van der Waals surface area contributed by atoms with Crippen LogP contribution in [0.2, 0.25) is 0 Å². The maximum atomic E-state index is 10.0. The molecule has 0 radical (unpaired) electrons. The first-order valence-corrected chi connectivity index (χ1v) is 14.0. The van der Waals surface area contributed by atoms with Crippen LogP contribution >= 0.6 is 0 Å². The number of hydrogen-bond donors (Lipinski definition) is 0. The van der Waals surface area contributed by atoms with Gasteiger partial charge in [0.2, 0.25) is 0 Å². The van der Waals surface area contributed by atoms with Gasteiger partial charge in [-0.05, 0) is 54.6 Å². The van der Waals surface area contributed by atoms with Gasteiger partial charge in [0.1, 0.15) is 17.2 Å². The third-order valence-corrected chi connectivity index (χ3v) is 8.56. The molecule has 0 unspecified atom stereocenters. The van der Waals surface area contributed by atoms with Crippen LogP contribution in [0.25, 0.3) is 81.8 Å². The fraction of sp³-hybridized carbons (Fsp3) is 0. The monoisotopic (exact) mass is 548 g/mol. The molecule has 0 atom stereocenters. The lowest BCUT2D eigenvalue weighted by molar-refractivity contribution is 0.677. The van der Waals surface area contributed by atoms with E-state index in [1.807, 2.05) is 18.2 Å². The lowest BCUT2D eigenvalue weighted by Crippen LogP contribution is -1.97. The molecule has 0 aliphatic rings. The molecule has 0 N–H and O–H groups in total. The van der Waals surface area contributed by atoms with E-state index in [1.165, 1.54) is 0 Å². The molecule has 5 nitrogen and oxygen atoms in total. The van der Waals surface area contributed by atoms with Gasteiger partial charge in [-0.25, -0.2) is 4.85 Å². The van der Waals surface area contributed by atoms with Crippen LogP contribution in [0.1, 0.15) is 5.56 Å². The SMILES string of the molecule is [C-]#[N+]c1ccc(C#N)c(-n2c3ccccc3c3c4oc5c(ccc6c5c5ccccc5n6-c5ccccc5)c4ccc32)c1. The van der Waals surface area contributed by atoms with E-state index in [-0.39, 0.29) is 0 Å². The van der Waals surface area contributed by atoms with Crippen LogP contribution in [0, 0.1) is 17.9 Å². The zero-order chi connectivity index (χ0) is 28.7. The average Bonchev–Trinajstić information content (AvgIpc) is 3.72. The van der Waals surface area contributed by atoms with E-state index >= 15 is 0 Å². The summed E-state index contributed by atoms with van der Waals surface area (Å²) in [5.74, 6) is 0. The second-order valence-corrected chi connectivity index (χ2v) is 10.7. The van der Waals surface area contributed by atoms with Crippen molar-refractivity contribution in [1.29, 1.82) is 5.26 Å². The molecule has 0 fully saturated rings. The van der Waals surface area contributed by atoms with Gasteiger partial charge in [-0.1, -0.05) is 66.7 Å². The molecular weight excluding hydrogens is 528 g/mol. The van der Waals surface area contributed by atoms with Gasteiger partial charge in [-0.15, -0.1) is 0 Å². The van der Waals surface area contributed by atoms with E-state index in [1.54, 1.807) is 18.2 Å². The number of fused-ring (bicyclic) bond motifs is 11. The maximum absolute atomic E-state index is 10.0. The van der Waals surface area contributed by atoms with Crippen molar-refractivity contribution in [3.8, 4) is 17.4 Å². The third kappa shape index (κ3) is 3.08.